The fraction of sp³-hybridized carbons (Fsp3) is 0.133. The van der Waals surface area contributed by atoms with Crippen LogP contribution in [0.4, 0.5) is 5.82 Å². The average molecular weight is 332 g/mol. The van der Waals surface area contributed by atoms with Crippen LogP contribution in [0.25, 0.3) is 17.1 Å². The molecule has 0 fully saturated rings. The van der Waals surface area contributed by atoms with Gasteiger partial charge in [-0.2, -0.15) is 5.10 Å². The number of anilines is 1. The molecule has 3 aromatic rings. The Morgan fingerprint density at radius 3 is 2.40 bits per heavy atom. The third-order valence-corrected chi connectivity index (χ3v) is 3.44. The number of benzene rings is 1. The van der Waals surface area contributed by atoms with Crippen molar-refractivity contribution in [3.63, 3.8) is 0 Å². The zero-order chi connectivity index (χ0) is 14.3. The molecule has 20 heavy (non-hydrogen) atoms. The molecule has 0 aliphatic carbocycles. The molecule has 2 aromatic heterocycles. The van der Waals surface area contributed by atoms with Gasteiger partial charge in [0.1, 0.15) is 11.5 Å². The Bertz CT molecular complexity index is 753. The van der Waals surface area contributed by atoms with Crippen LogP contribution in [0.3, 0.4) is 0 Å². The van der Waals surface area contributed by atoms with Crippen molar-refractivity contribution in [2.45, 2.75) is 13.8 Å². The van der Waals surface area contributed by atoms with Crippen LogP contribution in [0.5, 0.6) is 0 Å². The highest BCUT2D eigenvalue weighted by molar-refractivity contribution is 9.10. The summed E-state index contributed by atoms with van der Waals surface area (Å²) in [6, 6.07) is 11.7. The minimum atomic E-state index is 0.581. The van der Waals surface area contributed by atoms with Crippen LogP contribution in [-0.2, 0) is 0 Å². The van der Waals surface area contributed by atoms with Crippen molar-refractivity contribution >= 4 is 21.7 Å². The standard InChI is InChI=1S/C15H14BrN3O/c1-9-5-10(2)7-11(6-9)19-15(17)8-12(18-19)13-3-4-14(16)20-13/h3-8H,17H2,1-2H3. The number of halogens is 1. The predicted octanol–water partition coefficient (Wildman–Crippen LogP) is 4.09. The van der Waals surface area contributed by atoms with Crippen molar-refractivity contribution < 1.29 is 4.42 Å². The van der Waals surface area contributed by atoms with Crippen molar-refractivity contribution in [3.8, 4) is 17.1 Å². The maximum Gasteiger partial charge on any atom is 0.169 e. The molecule has 0 saturated heterocycles. The highest BCUT2D eigenvalue weighted by atomic mass is 79.9. The summed E-state index contributed by atoms with van der Waals surface area (Å²) in [4.78, 5) is 0. The van der Waals surface area contributed by atoms with E-state index in [-0.39, 0.29) is 0 Å². The number of hydrogen-bond donors (Lipinski definition) is 1. The SMILES string of the molecule is Cc1cc(C)cc(-n2nc(-c3ccc(Br)o3)cc2N)c1. The molecule has 0 unspecified atom stereocenters. The van der Waals surface area contributed by atoms with Gasteiger partial charge in [-0.15, -0.1) is 0 Å². The molecule has 0 aliphatic rings. The smallest absolute Gasteiger partial charge is 0.169 e. The van der Waals surface area contributed by atoms with Gasteiger partial charge in [0.25, 0.3) is 0 Å². The summed E-state index contributed by atoms with van der Waals surface area (Å²) in [6.07, 6.45) is 0. The first-order valence-corrected chi connectivity index (χ1v) is 7.02. The zero-order valence-corrected chi connectivity index (χ0v) is 12.8. The average Bonchev–Trinajstić information content (AvgIpc) is 2.94. The van der Waals surface area contributed by atoms with Crippen LogP contribution >= 0.6 is 15.9 Å². The summed E-state index contributed by atoms with van der Waals surface area (Å²) in [5.74, 6) is 1.27. The number of rotatable bonds is 2. The molecular formula is C15H14BrN3O. The lowest BCUT2D eigenvalue weighted by atomic mass is 10.1. The molecule has 5 heteroatoms. The number of furan rings is 1. The summed E-state index contributed by atoms with van der Waals surface area (Å²) in [5, 5.41) is 4.52. The van der Waals surface area contributed by atoms with E-state index in [4.69, 9.17) is 10.2 Å². The van der Waals surface area contributed by atoms with E-state index in [0.717, 1.165) is 5.69 Å². The fourth-order valence-electron chi connectivity index (χ4n) is 2.25. The highest BCUT2D eigenvalue weighted by Crippen LogP contribution is 2.27. The molecular weight excluding hydrogens is 318 g/mol. The van der Waals surface area contributed by atoms with Crippen molar-refractivity contribution in [1.82, 2.24) is 9.78 Å². The van der Waals surface area contributed by atoms with Gasteiger partial charge in [-0.1, -0.05) is 6.07 Å². The van der Waals surface area contributed by atoms with Crippen LogP contribution in [0.15, 0.2) is 45.5 Å². The van der Waals surface area contributed by atoms with E-state index >= 15 is 0 Å². The Kier molecular flexibility index (Phi) is 3.14. The summed E-state index contributed by atoms with van der Waals surface area (Å²) in [5.41, 5.74) is 10.1. The summed E-state index contributed by atoms with van der Waals surface area (Å²) in [7, 11) is 0. The maximum absolute atomic E-state index is 6.06. The van der Waals surface area contributed by atoms with E-state index < -0.39 is 0 Å². The molecule has 102 valence electrons. The molecule has 0 spiro atoms. The second kappa shape index (κ2) is 4.83. The summed E-state index contributed by atoms with van der Waals surface area (Å²) in [6.45, 7) is 4.11. The van der Waals surface area contributed by atoms with Crippen LogP contribution in [0.1, 0.15) is 11.1 Å². The largest absolute Gasteiger partial charge is 0.448 e. The van der Waals surface area contributed by atoms with Crippen LogP contribution < -0.4 is 5.73 Å². The van der Waals surface area contributed by atoms with Crippen molar-refractivity contribution in [2.75, 3.05) is 5.73 Å². The lowest BCUT2D eigenvalue weighted by Gasteiger charge is -2.06. The van der Waals surface area contributed by atoms with Gasteiger partial charge in [0.15, 0.2) is 10.4 Å². The number of nitrogens with zero attached hydrogens (tertiary/aromatic N) is 2. The Balaban J connectivity index is 2.09. The van der Waals surface area contributed by atoms with Crippen LogP contribution in [0.2, 0.25) is 0 Å². The highest BCUT2D eigenvalue weighted by Gasteiger charge is 2.12. The molecule has 0 atom stereocenters. The van der Waals surface area contributed by atoms with Crippen molar-refractivity contribution in [2.24, 2.45) is 0 Å². The van der Waals surface area contributed by atoms with Gasteiger partial charge in [-0.25, -0.2) is 4.68 Å². The Morgan fingerprint density at radius 2 is 1.80 bits per heavy atom. The van der Waals surface area contributed by atoms with E-state index in [1.807, 2.05) is 18.2 Å². The Hall–Kier alpha value is -2.01. The topological polar surface area (TPSA) is 57.0 Å². The van der Waals surface area contributed by atoms with Gasteiger partial charge in [0.05, 0.1) is 5.69 Å². The van der Waals surface area contributed by atoms with E-state index in [1.54, 1.807) is 4.68 Å². The van der Waals surface area contributed by atoms with E-state index in [1.165, 1.54) is 11.1 Å². The molecule has 2 heterocycles. The second-order valence-corrected chi connectivity index (χ2v) is 5.60. The van der Waals surface area contributed by atoms with E-state index in [2.05, 4.69) is 53.1 Å². The number of aryl methyl sites for hydroxylation is 2. The zero-order valence-electron chi connectivity index (χ0n) is 11.2. The molecule has 0 aliphatic heterocycles. The molecule has 0 radical (unpaired) electrons. The fourth-order valence-corrected chi connectivity index (χ4v) is 2.55. The van der Waals surface area contributed by atoms with Gasteiger partial charge in [-0.05, 0) is 65.2 Å². The minimum absolute atomic E-state index is 0.581. The molecule has 0 saturated carbocycles. The predicted molar refractivity (Wildman–Crippen MR) is 82.9 cm³/mol. The number of nitrogens with two attached hydrogens (primary N) is 1. The van der Waals surface area contributed by atoms with E-state index in [9.17, 15) is 0 Å². The van der Waals surface area contributed by atoms with Gasteiger partial charge in [-0.3, -0.25) is 0 Å². The van der Waals surface area contributed by atoms with Gasteiger partial charge >= 0.3 is 0 Å². The number of aromatic nitrogens is 2. The molecule has 0 amide bonds. The Morgan fingerprint density at radius 1 is 1.10 bits per heavy atom. The summed E-state index contributed by atoms with van der Waals surface area (Å²) >= 11 is 3.29. The maximum atomic E-state index is 6.06. The molecule has 4 nitrogen and oxygen atoms in total. The molecule has 1 aromatic carbocycles. The monoisotopic (exact) mass is 331 g/mol. The second-order valence-electron chi connectivity index (χ2n) is 4.82. The van der Waals surface area contributed by atoms with Gasteiger partial charge in [0, 0.05) is 6.07 Å². The van der Waals surface area contributed by atoms with E-state index in [0.29, 0.717) is 21.9 Å². The first-order chi connectivity index (χ1) is 9.52. The Labute approximate surface area is 125 Å². The molecule has 2 N–H and O–H groups in total. The summed E-state index contributed by atoms with van der Waals surface area (Å²) < 4.78 is 7.91. The van der Waals surface area contributed by atoms with Crippen molar-refractivity contribution in [3.05, 3.63) is 52.2 Å². The normalized spacial score (nSPS) is 10.9. The molecule has 0 bridgehead atoms. The van der Waals surface area contributed by atoms with Crippen LogP contribution in [-0.4, -0.2) is 9.78 Å². The minimum Gasteiger partial charge on any atom is -0.448 e. The quantitative estimate of drug-likeness (QED) is 0.769. The lowest BCUT2D eigenvalue weighted by Crippen LogP contribution is -2.02. The van der Waals surface area contributed by atoms with Crippen molar-refractivity contribution in [1.29, 1.82) is 0 Å². The lowest BCUT2D eigenvalue weighted by molar-refractivity contribution is 0.553. The van der Waals surface area contributed by atoms with Gasteiger partial charge < -0.3 is 10.2 Å². The molecule has 3 rings (SSSR count). The van der Waals surface area contributed by atoms with Gasteiger partial charge in [0.2, 0.25) is 0 Å². The first kappa shape index (κ1) is 13.0. The van der Waals surface area contributed by atoms with Crippen LogP contribution in [0, 0.1) is 13.8 Å². The first-order valence-electron chi connectivity index (χ1n) is 6.23. The third-order valence-electron chi connectivity index (χ3n) is 3.01. The third kappa shape index (κ3) is 2.36. The number of nitrogen functional groups attached to an aromatic ring is 1. The number of hydrogen-bond acceptors (Lipinski definition) is 3.